The fraction of sp³-hybridized carbons (Fsp3) is 0.538. The number of ether oxygens (including phenoxy) is 1. The molecule has 19 heavy (non-hydrogen) atoms. The van der Waals surface area contributed by atoms with Crippen LogP contribution in [-0.4, -0.2) is 32.8 Å². The zero-order valence-corrected chi connectivity index (χ0v) is 12.1. The normalized spacial score (nSPS) is 13.2. The summed E-state index contributed by atoms with van der Waals surface area (Å²) in [6.45, 7) is 4.26. The van der Waals surface area contributed by atoms with Crippen molar-refractivity contribution in [2.75, 3.05) is 13.2 Å². The molecule has 0 radical (unpaired) electrons. The van der Waals surface area contributed by atoms with Crippen LogP contribution in [0.3, 0.4) is 0 Å². The Labute approximate surface area is 114 Å². The molecule has 1 aromatic rings. The van der Waals surface area contributed by atoms with E-state index in [2.05, 4.69) is 4.72 Å². The Kier molecular flexibility index (Phi) is 6.27. The van der Waals surface area contributed by atoms with E-state index in [1.807, 2.05) is 6.92 Å². The highest BCUT2D eigenvalue weighted by Crippen LogP contribution is 2.16. The topological polar surface area (TPSA) is 75.6 Å². The van der Waals surface area contributed by atoms with Gasteiger partial charge < -0.3 is 9.84 Å². The number of rotatable bonds is 8. The number of aliphatic hydroxyl groups is 1. The lowest BCUT2D eigenvalue weighted by Gasteiger charge is -2.14. The number of hydrogen-bond donors (Lipinski definition) is 2. The molecule has 1 aromatic carbocycles. The standard InChI is InChI=1S/C13H21NO4S/c1-3-18-12-6-8-13(9-7-12)19(16,17)14-11(2)5-4-10-15/h6-9,11,14-15H,3-5,10H2,1-2H3. The van der Waals surface area contributed by atoms with Gasteiger partial charge in [0.25, 0.3) is 0 Å². The van der Waals surface area contributed by atoms with Crippen LogP contribution < -0.4 is 9.46 Å². The second-order valence-electron chi connectivity index (χ2n) is 4.29. The second kappa shape index (κ2) is 7.47. The Morgan fingerprint density at radius 1 is 1.32 bits per heavy atom. The van der Waals surface area contributed by atoms with Gasteiger partial charge in [0, 0.05) is 12.6 Å². The van der Waals surface area contributed by atoms with Crippen molar-refractivity contribution in [3.05, 3.63) is 24.3 Å². The predicted octanol–water partition coefficient (Wildman–Crippen LogP) is 1.52. The second-order valence-corrected chi connectivity index (χ2v) is 6.01. The molecule has 0 spiro atoms. The van der Waals surface area contributed by atoms with Crippen LogP contribution in [0, 0.1) is 0 Å². The van der Waals surface area contributed by atoms with Gasteiger partial charge >= 0.3 is 0 Å². The SMILES string of the molecule is CCOc1ccc(S(=O)(=O)NC(C)CCCO)cc1. The fourth-order valence-corrected chi connectivity index (χ4v) is 2.95. The Bertz CT molecular complexity index is 470. The summed E-state index contributed by atoms with van der Waals surface area (Å²) in [7, 11) is -3.51. The molecule has 6 heteroatoms. The Morgan fingerprint density at radius 3 is 2.47 bits per heavy atom. The third-order valence-electron chi connectivity index (χ3n) is 2.60. The number of nitrogens with one attached hydrogen (secondary N) is 1. The molecule has 0 amide bonds. The number of benzene rings is 1. The quantitative estimate of drug-likeness (QED) is 0.760. The van der Waals surface area contributed by atoms with Gasteiger partial charge in [0.2, 0.25) is 10.0 Å². The average Bonchev–Trinajstić information content (AvgIpc) is 2.37. The van der Waals surface area contributed by atoms with E-state index in [4.69, 9.17) is 9.84 Å². The first-order valence-corrected chi connectivity index (χ1v) is 7.84. The number of hydrogen-bond acceptors (Lipinski definition) is 4. The molecule has 0 fully saturated rings. The maximum atomic E-state index is 12.1. The molecule has 0 heterocycles. The smallest absolute Gasteiger partial charge is 0.240 e. The van der Waals surface area contributed by atoms with Crippen molar-refractivity contribution < 1.29 is 18.3 Å². The monoisotopic (exact) mass is 287 g/mol. The van der Waals surface area contributed by atoms with E-state index in [0.717, 1.165) is 0 Å². The fourth-order valence-electron chi connectivity index (χ4n) is 1.67. The Hall–Kier alpha value is -1.11. The molecule has 1 rings (SSSR count). The molecule has 108 valence electrons. The van der Waals surface area contributed by atoms with Crippen LogP contribution in [0.25, 0.3) is 0 Å². The van der Waals surface area contributed by atoms with Crippen molar-refractivity contribution in [2.45, 2.75) is 37.6 Å². The van der Waals surface area contributed by atoms with Crippen LogP contribution >= 0.6 is 0 Å². The molecule has 5 nitrogen and oxygen atoms in total. The minimum Gasteiger partial charge on any atom is -0.494 e. The van der Waals surface area contributed by atoms with Gasteiger partial charge in [0.15, 0.2) is 0 Å². The van der Waals surface area contributed by atoms with E-state index in [0.29, 0.717) is 25.2 Å². The van der Waals surface area contributed by atoms with Gasteiger partial charge in [-0.2, -0.15) is 0 Å². The van der Waals surface area contributed by atoms with Crippen molar-refractivity contribution in [3.8, 4) is 5.75 Å². The van der Waals surface area contributed by atoms with Crippen molar-refractivity contribution in [2.24, 2.45) is 0 Å². The summed E-state index contributed by atoms with van der Waals surface area (Å²) in [5.74, 6) is 0.648. The van der Waals surface area contributed by atoms with Crippen LogP contribution in [0.2, 0.25) is 0 Å². The summed E-state index contributed by atoms with van der Waals surface area (Å²) in [4.78, 5) is 0.215. The lowest BCUT2D eigenvalue weighted by Crippen LogP contribution is -2.32. The van der Waals surface area contributed by atoms with Gasteiger partial charge in [-0.3, -0.25) is 0 Å². The average molecular weight is 287 g/mol. The minimum atomic E-state index is -3.51. The van der Waals surface area contributed by atoms with E-state index >= 15 is 0 Å². The molecular formula is C13H21NO4S. The van der Waals surface area contributed by atoms with E-state index in [1.54, 1.807) is 19.1 Å². The van der Waals surface area contributed by atoms with Crippen molar-refractivity contribution in [3.63, 3.8) is 0 Å². The molecule has 0 aromatic heterocycles. The maximum Gasteiger partial charge on any atom is 0.240 e. The largest absolute Gasteiger partial charge is 0.494 e. The zero-order valence-electron chi connectivity index (χ0n) is 11.3. The zero-order chi connectivity index (χ0) is 14.3. The minimum absolute atomic E-state index is 0.0646. The van der Waals surface area contributed by atoms with Crippen LogP contribution in [-0.2, 0) is 10.0 Å². The predicted molar refractivity (Wildman–Crippen MR) is 73.7 cm³/mol. The lowest BCUT2D eigenvalue weighted by molar-refractivity contribution is 0.279. The molecule has 1 atom stereocenters. The summed E-state index contributed by atoms with van der Waals surface area (Å²) in [5.41, 5.74) is 0. The molecule has 2 N–H and O–H groups in total. The van der Waals surface area contributed by atoms with Gasteiger partial charge in [-0.05, 0) is 51.0 Å². The highest BCUT2D eigenvalue weighted by atomic mass is 32.2. The summed E-state index contributed by atoms with van der Waals surface area (Å²) < 4.78 is 32.0. The van der Waals surface area contributed by atoms with Crippen LogP contribution in [0.1, 0.15) is 26.7 Å². The van der Waals surface area contributed by atoms with E-state index in [1.165, 1.54) is 12.1 Å². The third-order valence-corrected chi connectivity index (χ3v) is 4.20. The van der Waals surface area contributed by atoms with Crippen molar-refractivity contribution in [1.82, 2.24) is 4.72 Å². The van der Waals surface area contributed by atoms with E-state index in [-0.39, 0.29) is 17.5 Å². The van der Waals surface area contributed by atoms with E-state index in [9.17, 15) is 8.42 Å². The lowest BCUT2D eigenvalue weighted by atomic mass is 10.2. The third kappa shape index (κ3) is 5.18. The summed E-state index contributed by atoms with van der Waals surface area (Å²) in [5, 5.41) is 8.72. The molecule has 0 saturated heterocycles. The molecular weight excluding hydrogens is 266 g/mol. The molecule has 0 aliphatic heterocycles. The van der Waals surface area contributed by atoms with Gasteiger partial charge in [0.1, 0.15) is 5.75 Å². The summed E-state index contributed by atoms with van der Waals surface area (Å²) >= 11 is 0. The van der Waals surface area contributed by atoms with Gasteiger partial charge in [0.05, 0.1) is 11.5 Å². The maximum absolute atomic E-state index is 12.1. The first kappa shape index (κ1) is 15.9. The number of aliphatic hydroxyl groups excluding tert-OH is 1. The Morgan fingerprint density at radius 2 is 1.95 bits per heavy atom. The van der Waals surface area contributed by atoms with Crippen LogP contribution in [0.4, 0.5) is 0 Å². The van der Waals surface area contributed by atoms with Crippen molar-refractivity contribution >= 4 is 10.0 Å². The Balaban J connectivity index is 2.71. The van der Waals surface area contributed by atoms with Gasteiger partial charge in [-0.25, -0.2) is 13.1 Å². The molecule has 0 aliphatic carbocycles. The number of sulfonamides is 1. The molecule has 0 bridgehead atoms. The van der Waals surface area contributed by atoms with Gasteiger partial charge in [-0.15, -0.1) is 0 Å². The van der Waals surface area contributed by atoms with Crippen molar-refractivity contribution in [1.29, 1.82) is 0 Å². The summed E-state index contributed by atoms with van der Waals surface area (Å²) in [6.07, 6.45) is 1.18. The van der Waals surface area contributed by atoms with Crippen LogP contribution in [0.5, 0.6) is 5.75 Å². The molecule has 1 unspecified atom stereocenters. The first-order valence-electron chi connectivity index (χ1n) is 6.35. The van der Waals surface area contributed by atoms with E-state index < -0.39 is 10.0 Å². The molecule has 0 saturated carbocycles. The van der Waals surface area contributed by atoms with Crippen LogP contribution in [0.15, 0.2) is 29.2 Å². The molecule has 0 aliphatic rings. The first-order chi connectivity index (χ1) is 8.99. The van der Waals surface area contributed by atoms with Gasteiger partial charge in [-0.1, -0.05) is 0 Å². The highest BCUT2D eigenvalue weighted by molar-refractivity contribution is 7.89. The summed E-state index contributed by atoms with van der Waals surface area (Å²) in [6, 6.07) is 6.11. The highest BCUT2D eigenvalue weighted by Gasteiger charge is 2.16.